The fraction of sp³-hybridized carbons (Fsp3) is 0.476. The van der Waals surface area contributed by atoms with Gasteiger partial charge in [0.2, 0.25) is 5.91 Å². The van der Waals surface area contributed by atoms with Crippen LogP contribution < -0.4 is 0 Å². The van der Waals surface area contributed by atoms with Crippen molar-refractivity contribution in [2.45, 2.75) is 51.8 Å². The zero-order valence-corrected chi connectivity index (χ0v) is 16.0. The van der Waals surface area contributed by atoms with Crippen LogP contribution in [-0.4, -0.2) is 44.9 Å². The lowest BCUT2D eigenvalue weighted by Gasteiger charge is -2.27. The minimum atomic E-state index is -1.24. The van der Waals surface area contributed by atoms with Gasteiger partial charge in [0.15, 0.2) is 5.78 Å². The summed E-state index contributed by atoms with van der Waals surface area (Å²) in [7, 11) is 0. The number of carbonyl (C=O) groups is 3. The lowest BCUT2D eigenvalue weighted by molar-refractivity contribution is -0.139. The van der Waals surface area contributed by atoms with Crippen molar-refractivity contribution in [3.05, 3.63) is 47.8 Å². The number of aliphatic hydroxyl groups is 1. The minimum Gasteiger partial charge on any atom is -0.481 e. The van der Waals surface area contributed by atoms with Gasteiger partial charge >= 0.3 is 5.97 Å². The molecule has 1 fully saturated rings. The number of aliphatic hydroxyl groups excluding tert-OH is 1. The molecule has 2 rings (SSSR count). The lowest BCUT2D eigenvalue weighted by atomic mass is 9.88. The normalized spacial score (nSPS) is 20.9. The van der Waals surface area contributed by atoms with Gasteiger partial charge < -0.3 is 15.1 Å². The highest BCUT2D eigenvalue weighted by Crippen LogP contribution is 2.33. The van der Waals surface area contributed by atoms with Crippen molar-refractivity contribution in [1.82, 2.24) is 4.90 Å². The summed E-state index contributed by atoms with van der Waals surface area (Å²) >= 11 is 0. The Bertz CT molecular complexity index is 744. The molecule has 1 amide bonds. The molecule has 1 aliphatic rings. The molecule has 3 atom stereocenters. The van der Waals surface area contributed by atoms with E-state index in [2.05, 4.69) is 0 Å². The van der Waals surface area contributed by atoms with Gasteiger partial charge in [0, 0.05) is 19.4 Å². The van der Waals surface area contributed by atoms with E-state index in [9.17, 15) is 23.9 Å². The summed E-state index contributed by atoms with van der Waals surface area (Å²) in [5, 5.41) is 18.3. The van der Waals surface area contributed by atoms with Gasteiger partial charge in [-0.1, -0.05) is 32.1 Å². The maximum Gasteiger partial charge on any atom is 0.305 e. The van der Waals surface area contributed by atoms with Crippen LogP contribution in [0.2, 0.25) is 0 Å². The van der Waals surface area contributed by atoms with Crippen molar-refractivity contribution >= 4 is 17.7 Å². The first kappa shape index (κ1) is 21.8. The number of nitrogens with zero attached hydrogens (tertiary/aromatic N) is 1. The second kappa shape index (κ2) is 9.59. The van der Waals surface area contributed by atoms with E-state index in [1.165, 1.54) is 18.2 Å². The molecule has 1 heterocycles. The largest absolute Gasteiger partial charge is 0.481 e. The molecule has 7 heteroatoms. The second-order valence-corrected chi connectivity index (χ2v) is 7.53. The van der Waals surface area contributed by atoms with Gasteiger partial charge in [-0.25, -0.2) is 4.39 Å². The first-order valence-corrected chi connectivity index (χ1v) is 9.32. The molecule has 0 aromatic heterocycles. The second-order valence-electron chi connectivity index (χ2n) is 7.53. The first-order valence-electron chi connectivity index (χ1n) is 9.32. The van der Waals surface area contributed by atoms with Gasteiger partial charge in [0.1, 0.15) is 5.82 Å². The number of benzene rings is 1. The topological polar surface area (TPSA) is 94.9 Å². The average molecular weight is 391 g/mol. The molecule has 2 N–H and O–H groups in total. The Balaban J connectivity index is 2.12. The van der Waals surface area contributed by atoms with Crippen molar-refractivity contribution < 1.29 is 29.0 Å². The van der Waals surface area contributed by atoms with E-state index in [-0.39, 0.29) is 36.0 Å². The van der Waals surface area contributed by atoms with Crippen LogP contribution in [0.1, 0.15) is 38.7 Å². The van der Waals surface area contributed by atoms with Crippen molar-refractivity contribution in [1.29, 1.82) is 0 Å². The van der Waals surface area contributed by atoms with Crippen molar-refractivity contribution in [2.75, 3.05) is 0 Å². The number of rotatable bonds is 9. The van der Waals surface area contributed by atoms with Crippen molar-refractivity contribution in [2.24, 2.45) is 11.8 Å². The predicted octanol–water partition coefficient (Wildman–Crippen LogP) is 2.55. The van der Waals surface area contributed by atoms with Crippen LogP contribution in [0.25, 0.3) is 0 Å². The molecule has 0 saturated carbocycles. The summed E-state index contributed by atoms with van der Waals surface area (Å²) in [4.78, 5) is 36.9. The maximum atomic E-state index is 13.1. The van der Waals surface area contributed by atoms with E-state index >= 15 is 0 Å². The molecular weight excluding hydrogens is 365 g/mol. The minimum absolute atomic E-state index is 0.0286. The van der Waals surface area contributed by atoms with E-state index in [4.69, 9.17) is 5.11 Å². The van der Waals surface area contributed by atoms with Gasteiger partial charge in [-0.2, -0.15) is 0 Å². The number of hydrogen-bond donors (Lipinski definition) is 2. The Kier molecular flexibility index (Phi) is 7.45. The summed E-state index contributed by atoms with van der Waals surface area (Å²) in [6, 6.07) is 5.64. The van der Waals surface area contributed by atoms with Gasteiger partial charge in [0.05, 0.1) is 18.6 Å². The summed E-state index contributed by atoms with van der Waals surface area (Å²) < 4.78 is 13.1. The Morgan fingerprint density at radius 2 is 1.89 bits per heavy atom. The number of carboxylic acids is 1. The first-order chi connectivity index (χ1) is 13.2. The molecule has 0 unspecified atom stereocenters. The molecule has 0 aliphatic carbocycles. The monoisotopic (exact) mass is 391 g/mol. The number of carboxylic acid groups (broad SMARTS) is 1. The molecule has 1 saturated heterocycles. The molecule has 152 valence electrons. The highest BCUT2D eigenvalue weighted by molar-refractivity contribution is 5.90. The quantitative estimate of drug-likeness (QED) is 0.631. The Hall–Kier alpha value is -2.54. The van der Waals surface area contributed by atoms with Crippen molar-refractivity contribution in [3.63, 3.8) is 0 Å². The number of likely N-dealkylation sites (tertiary alicyclic amines) is 1. The molecule has 1 aromatic rings. The van der Waals surface area contributed by atoms with E-state index in [0.29, 0.717) is 13.0 Å². The number of ketones is 1. The van der Waals surface area contributed by atoms with Crippen LogP contribution in [-0.2, 0) is 20.9 Å². The molecule has 1 aromatic carbocycles. The summed E-state index contributed by atoms with van der Waals surface area (Å²) in [6.45, 7) is 4.34. The number of carbonyl (C=O) groups excluding carboxylic acids is 2. The smallest absolute Gasteiger partial charge is 0.305 e. The number of aliphatic carboxylic acids is 1. The fourth-order valence-corrected chi connectivity index (χ4v) is 3.47. The van der Waals surface area contributed by atoms with Gasteiger partial charge in [-0.05, 0) is 35.6 Å². The highest BCUT2D eigenvalue weighted by Gasteiger charge is 2.39. The van der Waals surface area contributed by atoms with E-state index < -0.39 is 24.3 Å². The molecule has 6 nitrogen and oxygen atoms in total. The molecule has 0 spiro atoms. The van der Waals surface area contributed by atoms with E-state index in [1.807, 2.05) is 13.8 Å². The third-order valence-corrected chi connectivity index (χ3v) is 4.98. The van der Waals surface area contributed by atoms with Crippen LogP contribution in [0.3, 0.4) is 0 Å². The van der Waals surface area contributed by atoms with E-state index in [0.717, 1.165) is 5.56 Å². The van der Waals surface area contributed by atoms with Crippen LogP contribution in [0.15, 0.2) is 36.4 Å². The van der Waals surface area contributed by atoms with E-state index in [1.54, 1.807) is 23.1 Å². The fourth-order valence-electron chi connectivity index (χ4n) is 3.47. The number of hydrogen-bond acceptors (Lipinski definition) is 4. The van der Waals surface area contributed by atoms with Crippen LogP contribution in [0, 0.1) is 17.7 Å². The number of halogens is 1. The average Bonchev–Trinajstić information content (AvgIpc) is 2.90. The third kappa shape index (κ3) is 5.99. The van der Waals surface area contributed by atoms with Gasteiger partial charge in [0.25, 0.3) is 0 Å². The SMILES string of the molecule is CC(C)[C@@H]1CC(=O)N(Cc2ccc(F)cc2)[C@H]1C=CC(=O)C[C@@H](O)CC(=O)O. The standard InChI is InChI=1S/C21H26FNO5/c1-13(2)18-11-20(26)23(12-14-3-5-15(22)6-4-14)19(18)8-7-16(24)9-17(25)10-21(27)28/h3-8,13,17-19,25H,9-12H2,1-2H3,(H,27,28)/t17-,18+,19+/m1/s1. The molecule has 0 bridgehead atoms. The number of amides is 1. The van der Waals surface area contributed by atoms with Gasteiger partial charge in [-0.3, -0.25) is 14.4 Å². The van der Waals surface area contributed by atoms with Crippen LogP contribution in [0.4, 0.5) is 4.39 Å². The Morgan fingerprint density at radius 1 is 1.25 bits per heavy atom. The Morgan fingerprint density at radius 3 is 2.46 bits per heavy atom. The molecule has 1 aliphatic heterocycles. The third-order valence-electron chi connectivity index (χ3n) is 4.98. The molecular formula is C21H26FNO5. The highest BCUT2D eigenvalue weighted by atomic mass is 19.1. The summed E-state index contributed by atoms with van der Waals surface area (Å²) in [5.41, 5.74) is 0.792. The zero-order chi connectivity index (χ0) is 20.8. The Labute approximate surface area is 163 Å². The number of allylic oxidation sites excluding steroid dienone is 1. The molecule has 28 heavy (non-hydrogen) atoms. The maximum absolute atomic E-state index is 13.1. The molecule has 0 radical (unpaired) electrons. The lowest BCUT2D eigenvalue weighted by Crippen LogP contribution is -2.34. The van der Waals surface area contributed by atoms with Crippen LogP contribution >= 0.6 is 0 Å². The van der Waals surface area contributed by atoms with Crippen LogP contribution in [0.5, 0.6) is 0 Å². The summed E-state index contributed by atoms with van der Waals surface area (Å²) in [5.74, 6) is -1.70. The zero-order valence-electron chi connectivity index (χ0n) is 16.0. The van der Waals surface area contributed by atoms with Gasteiger partial charge in [-0.15, -0.1) is 0 Å². The van der Waals surface area contributed by atoms with Crippen molar-refractivity contribution in [3.8, 4) is 0 Å². The predicted molar refractivity (Wildman–Crippen MR) is 101 cm³/mol. The summed E-state index contributed by atoms with van der Waals surface area (Å²) in [6.07, 6.45) is 1.33.